The second kappa shape index (κ2) is 7.28. The first-order valence-electron chi connectivity index (χ1n) is 6.55. The number of carbonyl (C=O) groups is 2. The summed E-state index contributed by atoms with van der Waals surface area (Å²) in [6.07, 6.45) is 0. The highest BCUT2D eigenvalue weighted by Gasteiger charge is 2.20. The number of nitrogens with one attached hydrogen (secondary N) is 4. The first kappa shape index (κ1) is 17.0. The van der Waals surface area contributed by atoms with E-state index in [1.165, 1.54) is 30.3 Å². The van der Waals surface area contributed by atoms with E-state index in [1.54, 1.807) is 6.92 Å². The van der Waals surface area contributed by atoms with E-state index in [4.69, 9.17) is 12.2 Å². The van der Waals surface area contributed by atoms with E-state index in [2.05, 4.69) is 26.4 Å². The first-order chi connectivity index (χ1) is 11.4. The molecule has 0 saturated carbocycles. The summed E-state index contributed by atoms with van der Waals surface area (Å²) in [5, 5.41) is 19.3. The van der Waals surface area contributed by atoms with Crippen LogP contribution in [0.1, 0.15) is 26.5 Å². The highest BCUT2D eigenvalue weighted by Crippen LogP contribution is 2.17. The number of benzene rings is 1. The summed E-state index contributed by atoms with van der Waals surface area (Å²) in [4.78, 5) is 34.0. The maximum Gasteiger partial charge on any atom is 0.290 e. The topological polar surface area (TPSA) is 142 Å². The lowest BCUT2D eigenvalue weighted by atomic mass is 10.1. The zero-order valence-corrected chi connectivity index (χ0v) is 13.1. The molecule has 0 aliphatic carbocycles. The average molecular weight is 348 g/mol. The number of hydrazine groups is 1. The van der Waals surface area contributed by atoms with Crippen molar-refractivity contribution in [1.29, 1.82) is 0 Å². The number of aromatic nitrogens is 2. The van der Waals surface area contributed by atoms with Crippen LogP contribution in [0, 0.1) is 17.0 Å². The minimum Gasteiger partial charge on any atom is -0.297 e. The van der Waals surface area contributed by atoms with Gasteiger partial charge in [0, 0.05) is 11.8 Å². The molecule has 24 heavy (non-hydrogen) atoms. The fourth-order valence-corrected chi connectivity index (χ4v) is 1.88. The van der Waals surface area contributed by atoms with Crippen molar-refractivity contribution in [2.24, 2.45) is 0 Å². The summed E-state index contributed by atoms with van der Waals surface area (Å²) < 4.78 is 0. The van der Waals surface area contributed by atoms with Crippen LogP contribution in [0.5, 0.6) is 0 Å². The number of nitro groups is 1. The fourth-order valence-electron chi connectivity index (χ4n) is 1.74. The van der Waals surface area contributed by atoms with Gasteiger partial charge in [0.1, 0.15) is 5.56 Å². The molecule has 11 heteroatoms. The quantitative estimate of drug-likeness (QED) is 0.361. The number of amides is 2. The molecule has 0 radical (unpaired) electrons. The SMILES string of the molecule is Cc1cc(C(=O)NNC(=S)NC(=O)c2ccccc2[N+](=O)[O-])n[nH]1. The molecule has 1 heterocycles. The number of hydrogen-bond acceptors (Lipinski definition) is 6. The molecule has 4 N–H and O–H groups in total. The van der Waals surface area contributed by atoms with E-state index in [1.807, 2.05) is 0 Å². The van der Waals surface area contributed by atoms with Gasteiger partial charge in [0.2, 0.25) is 0 Å². The van der Waals surface area contributed by atoms with Gasteiger partial charge in [-0.25, -0.2) is 0 Å². The molecule has 0 atom stereocenters. The van der Waals surface area contributed by atoms with E-state index < -0.39 is 16.7 Å². The van der Waals surface area contributed by atoms with Gasteiger partial charge >= 0.3 is 0 Å². The van der Waals surface area contributed by atoms with Crippen molar-refractivity contribution < 1.29 is 14.5 Å². The van der Waals surface area contributed by atoms with Crippen LogP contribution < -0.4 is 16.2 Å². The van der Waals surface area contributed by atoms with Gasteiger partial charge in [-0.1, -0.05) is 12.1 Å². The molecule has 1 aromatic heterocycles. The van der Waals surface area contributed by atoms with Crippen LogP contribution in [0.3, 0.4) is 0 Å². The van der Waals surface area contributed by atoms with Crippen molar-refractivity contribution in [1.82, 2.24) is 26.4 Å². The van der Waals surface area contributed by atoms with Gasteiger partial charge in [-0.05, 0) is 31.3 Å². The number of nitro benzene ring substituents is 1. The predicted molar refractivity (Wildman–Crippen MR) is 87.1 cm³/mol. The summed E-state index contributed by atoms with van der Waals surface area (Å²) in [6, 6.07) is 6.94. The largest absolute Gasteiger partial charge is 0.297 e. The number of carbonyl (C=O) groups excluding carboxylic acids is 2. The number of rotatable bonds is 3. The molecule has 0 aliphatic rings. The van der Waals surface area contributed by atoms with Crippen LogP contribution in [0.4, 0.5) is 5.69 Å². The lowest BCUT2D eigenvalue weighted by Gasteiger charge is -2.10. The standard InChI is InChI=1S/C13H12N6O4S/c1-7-6-9(16-15-7)12(21)17-18-13(24)14-11(20)8-4-2-3-5-10(8)19(22)23/h2-6H,1H3,(H,15,16)(H,17,21)(H2,14,18,20,24). The van der Waals surface area contributed by atoms with Crippen molar-refractivity contribution in [2.75, 3.05) is 0 Å². The van der Waals surface area contributed by atoms with Crippen LogP contribution in [-0.2, 0) is 0 Å². The van der Waals surface area contributed by atoms with Crippen LogP contribution in [-0.4, -0.2) is 32.0 Å². The highest BCUT2D eigenvalue weighted by molar-refractivity contribution is 7.80. The molecule has 0 unspecified atom stereocenters. The smallest absolute Gasteiger partial charge is 0.290 e. The molecule has 10 nitrogen and oxygen atoms in total. The third-order valence-electron chi connectivity index (χ3n) is 2.80. The summed E-state index contributed by atoms with van der Waals surface area (Å²) >= 11 is 4.86. The van der Waals surface area contributed by atoms with Gasteiger partial charge in [-0.2, -0.15) is 5.10 Å². The Morgan fingerprint density at radius 3 is 2.58 bits per heavy atom. The number of hydrogen-bond donors (Lipinski definition) is 4. The molecule has 0 saturated heterocycles. The van der Waals surface area contributed by atoms with Gasteiger partial charge in [-0.3, -0.25) is 41.0 Å². The molecule has 1 aromatic carbocycles. The third kappa shape index (κ3) is 4.10. The number of thiocarbonyl (C=S) groups is 1. The molecule has 0 fully saturated rings. The van der Waals surface area contributed by atoms with Crippen molar-refractivity contribution in [3.63, 3.8) is 0 Å². The summed E-state index contributed by atoms with van der Waals surface area (Å²) in [5.41, 5.74) is 4.89. The number of nitrogens with zero attached hydrogens (tertiary/aromatic N) is 2. The lowest BCUT2D eigenvalue weighted by molar-refractivity contribution is -0.385. The van der Waals surface area contributed by atoms with Crippen molar-refractivity contribution in [2.45, 2.75) is 6.92 Å². The summed E-state index contributed by atoms with van der Waals surface area (Å²) in [7, 11) is 0. The molecule has 2 rings (SSSR count). The van der Waals surface area contributed by atoms with Crippen LogP contribution in [0.2, 0.25) is 0 Å². The van der Waals surface area contributed by atoms with E-state index in [9.17, 15) is 19.7 Å². The second-order valence-electron chi connectivity index (χ2n) is 4.57. The van der Waals surface area contributed by atoms with Gasteiger partial charge < -0.3 is 0 Å². The molecule has 2 aromatic rings. The van der Waals surface area contributed by atoms with E-state index in [-0.39, 0.29) is 22.1 Å². The van der Waals surface area contributed by atoms with Gasteiger partial charge in [0.05, 0.1) is 4.92 Å². The second-order valence-corrected chi connectivity index (χ2v) is 4.98. The summed E-state index contributed by atoms with van der Waals surface area (Å²) in [5.74, 6) is -1.34. The van der Waals surface area contributed by atoms with Gasteiger partial charge in [-0.15, -0.1) is 0 Å². The third-order valence-corrected chi connectivity index (χ3v) is 3.00. The lowest BCUT2D eigenvalue weighted by Crippen LogP contribution is -2.48. The zero-order valence-electron chi connectivity index (χ0n) is 12.3. The molecule has 124 valence electrons. The van der Waals surface area contributed by atoms with E-state index in [0.717, 1.165) is 0 Å². The van der Waals surface area contributed by atoms with Crippen molar-refractivity contribution in [3.05, 3.63) is 57.4 Å². The Bertz CT molecular complexity index is 818. The van der Waals surface area contributed by atoms with Crippen LogP contribution >= 0.6 is 12.2 Å². The van der Waals surface area contributed by atoms with Crippen LogP contribution in [0.25, 0.3) is 0 Å². The number of para-hydroxylation sites is 1. The molecule has 0 bridgehead atoms. The van der Waals surface area contributed by atoms with E-state index in [0.29, 0.717) is 5.69 Å². The minimum atomic E-state index is -0.773. The van der Waals surface area contributed by atoms with Crippen molar-refractivity contribution in [3.8, 4) is 0 Å². The Morgan fingerprint density at radius 1 is 1.25 bits per heavy atom. The van der Waals surface area contributed by atoms with E-state index >= 15 is 0 Å². The molecular weight excluding hydrogens is 336 g/mol. The maximum absolute atomic E-state index is 12.0. The van der Waals surface area contributed by atoms with Crippen LogP contribution in [0.15, 0.2) is 30.3 Å². The Labute approximate surface area is 140 Å². The average Bonchev–Trinajstić information content (AvgIpc) is 2.99. The van der Waals surface area contributed by atoms with Crippen molar-refractivity contribution >= 4 is 34.8 Å². The fraction of sp³-hybridized carbons (Fsp3) is 0.0769. The highest BCUT2D eigenvalue weighted by atomic mass is 32.1. The van der Waals surface area contributed by atoms with Gasteiger partial charge in [0.25, 0.3) is 17.5 Å². The Kier molecular flexibility index (Phi) is 5.16. The summed E-state index contributed by atoms with van der Waals surface area (Å²) in [6.45, 7) is 1.73. The van der Waals surface area contributed by atoms with Gasteiger partial charge in [0.15, 0.2) is 10.8 Å². The Balaban J connectivity index is 1.94. The number of H-pyrrole nitrogens is 1. The number of aromatic amines is 1. The zero-order chi connectivity index (χ0) is 17.7. The Morgan fingerprint density at radius 2 is 1.96 bits per heavy atom. The maximum atomic E-state index is 12.0. The monoisotopic (exact) mass is 348 g/mol. The normalized spacial score (nSPS) is 9.88. The first-order valence-corrected chi connectivity index (χ1v) is 6.96. The Hall–Kier alpha value is -3.34. The number of aryl methyl sites for hydroxylation is 1. The minimum absolute atomic E-state index is 0.132. The molecule has 0 spiro atoms. The predicted octanol–water partition coefficient (Wildman–Crippen LogP) is 0.576. The molecular formula is C13H12N6O4S. The molecule has 0 aliphatic heterocycles. The molecule has 2 amide bonds.